The Labute approximate surface area is 126 Å². The summed E-state index contributed by atoms with van der Waals surface area (Å²) >= 11 is 0. The Hall–Kier alpha value is -0.593. The molecule has 0 saturated carbocycles. The second kappa shape index (κ2) is 8.64. The van der Waals surface area contributed by atoms with Crippen LogP contribution in [0.3, 0.4) is 0 Å². The minimum atomic E-state index is -1.74. The lowest BCUT2D eigenvalue weighted by molar-refractivity contribution is -0.113. The van der Waals surface area contributed by atoms with E-state index in [4.69, 9.17) is 4.74 Å². The van der Waals surface area contributed by atoms with Gasteiger partial charge in [-0.3, -0.25) is 0 Å². The first-order valence-electron chi connectivity index (χ1n) is 7.78. The minimum Gasteiger partial charge on any atom is -0.368 e. The lowest BCUT2D eigenvalue weighted by atomic mass is 10.0. The molecular weight excluding hydrogens is 264 g/mol. The molecule has 0 unspecified atom stereocenters. The molecule has 0 heterocycles. The molecule has 2 atom stereocenters. The third-order valence-corrected chi connectivity index (χ3v) is 10.9. The standard InChI is InChI=1S/C17H32O2Si/c1-9-16(12-18)17(19-8)10-11-20(13(2)3,14(4)5)15(6)7/h12-17H,9H2,1-8H3/t16-,17-/m1/s1. The quantitative estimate of drug-likeness (QED) is 0.394. The molecule has 0 saturated heterocycles. The van der Waals surface area contributed by atoms with E-state index in [1.54, 1.807) is 7.11 Å². The number of hydrogen-bond acceptors (Lipinski definition) is 2. The molecule has 2 nitrogen and oxygen atoms in total. The van der Waals surface area contributed by atoms with Crippen LogP contribution in [0.15, 0.2) is 0 Å². The molecule has 3 heteroatoms. The van der Waals surface area contributed by atoms with Crippen LogP contribution in [0.25, 0.3) is 0 Å². The van der Waals surface area contributed by atoms with Crippen molar-refractivity contribution < 1.29 is 9.53 Å². The zero-order valence-electron chi connectivity index (χ0n) is 14.5. The summed E-state index contributed by atoms with van der Waals surface area (Å²) in [5.74, 6) is 3.19. The summed E-state index contributed by atoms with van der Waals surface area (Å²) in [4.78, 5) is 11.1. The van der Waals surface area contributed by atoms with Gasteiger partial charge in [0.1, 0.15) is 20.5 Å². The van der Waals surface area contributed by atoms with Crippen LogP contribution in [0, 0.1) is 17.4 Å². The maximum absolute atomic E-state index is 11.1. The summed E-state index contributed by atoms with van der Waals surface area (Å²) < 4.78 is 5.45. The monoisotopic (exact) mass is 296 g/mol. The average molecular weight is 297 g/mol. The van der Waals surface area contributed by atoms with Crippen molar-refractivity contribution in [2.75, 3.05) is 7.11 Å². The summed E-state index contributed by atoms with van der Waals surface area (Å²) in [6.45, 7) is 15.8. The van der Waals surface area contributed by atoms with E-state index in [-0.39, 0.29) is 12.0 Å². The van der Waals surface area contributed by atoms with Gasteiger partial charge in [0.05, 0.1) is 5.92 Å². The first-order chi connectivity index (χ1) is 9.27. The van der Waals surface area contributed by atoms with Crippen molar-refractivity contribution in [2.45, 2.75) is 77.6 Å². The highest BCUT2D eigenvalue weighted by Crippen LogP contribution is 2.40. The molecule has 0 aromatic rings. The van der Waals surface area contributed by atoms with Gasteiger partial charge in [0, 0.05) is 7.11 Å². The van der Waals surface area contributed by atoms with E-state index in [2.05, 4.69) is 53.0 Å². The zero-order valence-corrected chi connectivity index (χ0v) is 15.5. The van der Waals surface area contributed by atoms with Crippen molar-refractivity contribution in [3.63, 3.8) is 0 Å². The molecule has 0 aromatic heterocycles. The first-order valence-corrected chi connectivity index (χ1v) is 10.0. The van der Waals surface area contributed by atoms with E-state index in [0.717, 1.165) is 12.7 Å². The van der Waals surface area contributed by atoms with Gasteiger partial charge in [0.25, 0.3) is 0 Å². The highest BCUT2D eigenvalue weighted by atomic mass is 28.3. The van der Waals surface area contributed by atoms with E-state index in [1.807, 2.05) is 6.92 Å². The second-order valence-electron chi connectivity index (χ2n) is 6.53. The summed E-state index contributed by atoms with van der Waals surface area (Å²) in [5, 5.41) is 0. The van der Waals surface area contributed by atoms with Crippen molar-refractivity contribution in [1.82, 2.24) is 0 Å². The third-order valence-electron chi connectivity index (χ3n) is 4.59. The topological polar surface area (TPSA) is 26.3 Å². The van der Waals surface area contributed by atoms with E-state index in [1.165, 1.54) is 0 Å². The highest BCUT2D eigenvalue weighted by molar-refractivity contribution is 6.90. The van der Waals surface area contributed by atoms with Gasteiger partial charge in [-0.1, -0.05) is 54.4 Å². The number of rotatable bonds is 7. The fourth-order valence-electron chi connectivity index (χ4n) is 3.35. The largest absolute Gasteiger partial charge is 0.368 e. The van der Waals surface area contributed by atoms with Crippen molar-refractivity contribution in [1.29, 1.82) is 0 Å². The van der Waals surface area contributed by atoms with Crippen LogP contribution < -0.4 is 0 Å². The summed E-state index contributed by atoms with van der Waals surface area (Å²) in [5.41, 5.74) is 5.44. The van der Waals surface area contributed by atoms with Crippen LogP contribution in [-0.4, -0.2) is 27.6 Å². The van der Waals surface area contributed by atoms with Crippen molar-refractivity contribution in [3.05, 3.63) is 0 Å². The highest BCUT2D eigenvalue weighted by Gasteiger charge is 2.41. The summed E-state index contributed by atoms with van der Waals surface area (Å²) in [6, 6.07) is 0. The number of methoxy groups -OCH3 is 1. The zero-order chi connectivity index (χ0) is 15.9. The fourth-order valence-corrected chi connectivity index (χ4v) is 8.61. The number of ether oxygens (including phenoxy) is 1. The second-order valence-corrected chi connectivity index (χ2v) is 12.1. The Balaban J connectivity index is 5.57. The fraction of sp³-hybridized carbons (Fsp3) is 0.824. The van der Waals surface area contributed by atoms with Gasteiger partial charge in [-0.05, 0) is 23.0 Å². The SMILES string of the molecule is CC[C@H](C=O)[C@@H](C#C[Si](C(C)C)(C(C)C)C(C)C)OC. The summed E-state index contributed by atoms with van der Waals surface area (Å²) in [6.07, 6.45) is 1.49. The van der Waals surface area contributed by atoms with E-state index < -0.39 is 8.07 Å². The normalized spacial score (nSPS) is 15.2. The van der Waals surface area contributed by atoms with E-state index >= 15 is 0 Å². The molecule has 0 aliphatic heterocycles. The molecule has 0 aliphatic rings. The molecule has 0 rings (SSSR count). The molecule has 0 spiro atoms. The predicted octanol–water partition coefficient (Wildman–Crippen LogP) is 4.45. The molecule has 0 fully saturated rings. The minimum absolute atomic E-state index is 0.120. The van der Waals surface area contributed by atoms with Crippen LogP contribution >= 0.6 is 0 Å². The van der Waals surface area contributed by atoms with Crippen LogP contribution in [0.5, 0.6) is 0 Å². The Bertz CT molecular complexity index is 328. The van der Waals surface area contributed by atoms with Gasteiger partial charge in [-0.25, -0.2) is 0 Å². The Kier molecular flexibility index (Phi) is 8.38. The van der Waals surface area contributed by atoms with Gasteiger partial charge >= 0.3 is 0 Å². The molecule has 116 valence electrons. The van der Waals surface area contributed by atoms with E-state index in [9.17, 15) is 4.79 Å². The van der Waals surface area contributed by atoms with Gasteiger partial charge in [0.15, 0.2) is 0 Å². The van der Waals surface area contributed by atoms with Crippen molar-refractivity contribution >= 4 is 14.4 Å². The predicted molar refractivity (Wildman–Crippen MR) is 89.5 cm³/mol. The lowest BCUT2D eigenvalue weighted by Crippen LogP contribution is -2.43. The Morgan fingerprint density at radius 2 is 1.50 bits per heavy atom. The molecule has 0 aliphatic carbocycles. The molecule has 0 radical (unpaired) electrons. The number of carbonyl (C=O) groups excluding carboxylic acids is 1. The molecule has 20 heavy (non-hydrogen) atoms. The molecule has 0 N–H and O–H groups in total. The Morgan fingerprint density at radius 3 is 1.75 bits per heavy atom. The molecule has 0 bridgehead atoms. The molecule has 0 amide bonds. The van der Waals surface area contributed by atoms with Gasteiger partial charge in [0.2, 0.25) is 0 Å². The smallest absolute Gasteiger partial charge is 0.146 e. The van der Waals surface area contributed by atoms with Crippen LogP contribution in [-0.2, 0) is 9.53 Å². The van der Waals surface area contributed by atoms with Crippen LogP contribution in [0.4, 0.5) is 0 Å². The van der Waals surface area contributed by atoms with Crippen LogP contribution in [0.1, 0.15) is 54.9 Å². The number of carbonyl (C=O) groups is 1. The lowest BCUT2D eigenvalue weighted by Gasteiger charge is -2.38. The van der Waals surface area contributed by atoms with Gasteiger partial charge < -0.3 is 9.53 Å². The first kappa shape index (κ1) is 19.4. The summed E-state index contributed by atoms with van der Waals surface area (Å²) in [7, 11) is -0.0874. The van der Waals surface area contributed by atoms with Crippen molar-refractivity contribution in [2.24, 2.45) is 5.92 Å². The molecule has 0 aromatic carbocycles. The molecular formula is C17H32O2Si. The average Bonchev–Trinajstić information content (AvgIpc) is 2.37. The van der Waals surface area contributed by atoms with Gasteiger partial charge in [-0.2, -0.15) is 0 Å². The van der Waals surface area contributed by atoms with Crippen molar-refractivity contribution in [3.8, 4) is 11.5 Å². The van der Waals surface area contributed by atoms with Crippen LogP contribution in [0.2, 0.25) is 16.6 Å². The number of hydrogen-bond donors (Lipinski definition) is 0. The van der Waals surface area contributed by atoms with Gasteiger partial charge in [-0.15, -0.1) is 5.54 Å². The maximum Gasteiger partial charge on any atom is 0.146 e. The van der Waals surface area contributed by atoms with E-state index in [0.29, 0.717) is 16.6 Å². The maximum atomic E-state index is 11.1. The Morgan fingerprint density at radius 1 is 1.05 bits per heavy atom. The third kappa shape index (κ3) is 4.20. The number of aldehydes is 1.